The zero-order valence-electron chi connectivity index (χ0n) is 31.2. The molecule has 2 rings (SSSR count). The Balaban J connectivity index is 1.98. The topological polar surface area (TPSA) is 272 Å². The van der Waals surface area contributed by atoms with E-state index in [4.69, 9.17) is 30.4 Å². The Morgan fingerprint density at radius 2 is 1.63 bits per heavy atom. The number of rotatable bonds is 22. The lowest BCUT2D eigenvalue weighted by molar-refractivity contribution is -0.263. The van der Waals surface area contributed by atoms with Crippen molar-refractivity contribution in [3.63, 3.8) is 0 Å². The molecule has 12 N–H and O–H groups in total. The Kier molecular flexibility index (Phi) is 20.9. The van der Waals surface area contributed by atoms with E-state index >= 15 is 0 Å². The first kappa shape index (κ1) is 46.0. The molecule has 52 heavy (non-hydrogen) atoms. The van der Waals surface area contributed by atoms with E-state index in [-0.39, 0.29) is 32.4 Å². The van der Waals surface area contributed by atoms with Gasteiger partial charge in [0.1, 0.15) is 36.6 Å². The monoisotopic (exact) mass is 744 g/mol. The van der Waals surface area contributed by atoms with Crippen LogP contribution in [-0.4, -0.2) is 147 Å². The van der Waals surface area contributed by atoms with E-state index in [0.29, 0.717) is 0 Å². The van der Waals surface area contributed by atoms with E-state index in [1.807, 2.05) is 13.0 Å². The van der Waals surface area contributed by atoms with E-state index in [1.165, 1.54) is 11.1 Å². The van der Waals surface area contributed by atoms with Gasteiger partial charge in [0, 0.05) is 38.2 Å². The first-order valence-corrected chi connectivity index (χ1v) is 18.1. The molecule has 0 aliphatic carbocycles. The van der Waals surface area contributed by atoms with Crippen molar-refractivity contribution in [2.75, 3.05) is 19.7 Å². The first-order chi connectivity index (χ1) is 24.6. The lowest BCUT2D eigenvalue weighted by Gasteiger charge is -2.38. The first-order valence-electron chi connectivity index (χ1n) is 18.1. The van der Waals surface area contributed by atoms with E-state index in [9.17, 15) is 40.5 Å². The molecular formula is C36H64N4O12. The average molecular weight is 745 g/mol. The molecule has 2 aliphatic rings. The number of hydrogen-bond donors (Lipinski definition) is 10. The van der Waals surface area contributed by atoms with E-state index in [2.05, 4.69) is 43.2 Å². The number of carbonyl (C=O) groups is 1. The van der Waals surface area contributed by atoms with Gasteiger partial charge < -0.3 is 71.5 Å². The Morgan fingerprint density at radius 3 is 2.27 bits per heavy atom. The minimum absolute atomic E-state index is 0.0254. The third-order valence-corrected chi connectivity index (χ3v) is 9.13. The van der Waals surface area contributed by atoms with Crippen LogP contribution < -0.4 is 16.8 Å². The molecule has 13 atom stereocenters. The lowest BCUT2D eigenvalue weighted by Crippen LogP contribution is -2.55. The van der Waals surface area contributed by atoms with Gasteiger partial charge in [0.2, 0.25) is 5.91 Å². The van der Waals surface area contributed by atoms with E-state index < -0.39 is 92.3 Å². The Labute approximate surface area is 307 Å². The summed E-state index contributed by atoms with van der Waals surface area (Å²) in [6.07, 6.45) is -2.47. The number of amides is 1. The maximum absolute atomic E-state index is 13.0. The number of hydrogen-bond acceptors (Lipinski definition) is 15. The van der Waals surface area contributed by atoms with E-state index in [0.717, 1.165) is 31.3 Å². The maximum Gasteiger partial charge on any atom is 0.249 e. The summed E-state index contributed by atoms with van der Waals surface area (Å²) in [5.41, 5.74) is 15.8. The number of allylic oxidation sites excluding steroid dienone is 6. The predicted octanol–water partition coefficient (Wildman–Crippen LogP) is -0.596. The summed E-state index contributed by atoms with van der Waals surface area (Å²) in [5, 5.41) is 74.2. The molecule has 2 heterocycles. The molecule has 0 aromatic rings. The van der Waals surface area contributed by atoms with Gasteiger partial charge in [0.25, 0.3) is 0 Å². The van der Waals surface area contributed by atoms with Crippen LogP contribution >= 0.6 is 0 Å². The lowest BCUT2D eigenvalue weighted by atomic mass is 10.0. The summed E-state index contributed by atoms with van der Waals surface area (Å²) in [6.45, 7) is 9.41. The SMILES string of the molecule is CC(C)=CCC/C(C)=C/CC/C(C)=C/C=N/CCC(O)C(=O)NC(CC(N)C(C)OC1CC(O)C(O)C(CN)O1)C(O)OC1OC(CO)C(O)C1O. The third-order valence-electron chi connectivity index (χ3n) is 9.13. The van der Waals surface area contributed by atoms with Gasteiger partial charge >= 0.3 is 0 Å². The molecule has 0 spiro atoms. The number of aliphatic hydroxyl groups excluding tert-OH is 7. The molecule has 1 amide bonds. The van der Waals surface area contributed by atoms with Gasteiger partial charge in [-0.25, -0.2) is 0 Å². The highest BCUT2D eigenvalue weighted by atomic mass is 16.8. The summed E-state index contributed by atoms with van der Waals surface area (Å²) in [4.78, 5) is 17.3. The average Bonchev–Trinajstić information content (AvgIpc) is 3.36. The molecule has 0 aromatic heterocycles. The molecule has 0 bridgehead atoms. The second-order valence-corrected chi connectivity index (χ2v) is 14.0. The summed E-state index contributed by atoms with van der Waals surface area (Å²) >= 11 is 0. The number of nitrogens with two attached hydrogens (primary N) is 2. The number of ether oxygens (including phenoxy) is 4. The molecule has 2 saturated heterocycles. The molecule has 16 nitrogen and oxygen atoms in total. The minimum Gasteiger partial charge on any atom is -0.394 e. The fraction of sp³-hybridized carbons (Fsp3) is 0.778. The van der Waals surface area contributed by atoms with Crippen LogP contribution in [0.1, 0.15) is 79.6 Å². The van der Waals surface area contributed by atoms with Crippen molar-refractivity contribution in [2.24, 2.45) is 16.5 Å². The highest BCUT2D eigenvalue weighted by molar-refractivity contribution is 5.80. The number of carbonyl (C=O) groups excluding carboxylic acids is 1. The largest absolute Gasteiger partial charge is 0.394 e. The van der Waals surface area contributed by atoms with Crippen molar-refractivity contribution in [1.29, 1.82) is 0 Å². The standard InChI is InChI=1S/C36H64N4O12/c1-20(2)8-6-9-21(3)10-7-11-22(4)12-14-39-15-13-26(42)34(47)40-25(35(48)52-36-33(46)32(45)29(19-41)51-36)16-24(38)23(5)49-30-17-27(43)31(44)28(18-37)50-30/h8,10,12,14,23-33,35-36,41-46,48H,6-7,9,11,13,15-19,37-38H2,1-5H3,(H,40,47)/b21-10+,22-12+,39-14+. The van der Waals surface area contributed by atoms with Crippen molar-refractivity contribution in [3.05, 3.63) is 34.9 Å². The van der Waals surface area contributed by atoms with E-state index in [1.54, 1.807) is 13.1 Å². The quantitative estimate of drug-likeness (QED) is 0.0377. The van der Waals surface area contributed by atoms with Crippen LogP contribution in [0.3, 0.4) is 0 Å². The summed E-state index contributed by atoms with van der Waals surface area (Å²) in [5.74, 6) is -0.846. The number of nitrogens with zero attached hydrogens (tertiary/aromatic N) is 1. The van der Waals surface area contributed by atoms with Crippen molar-refractivity contribution in [2.45, 2.75) is 159 Å². The van der Waals surface area contributed by atoms with Crippen LogP contribution in [0.4, 0.5) is 0 Å². The third kappa shape index (κ3) is 15.7. The van der Waals surface area contributed by atoms with Crippen LogP contribution in [0.25, 0.3) is 0 Å². The minimum atomic E-state index is -1.86. The summed E-state index contributed by atoms with van der Waals surface area (Å²) in [6, 6.07) is -2.17. The number of nitrogens with one attached hydrogen (secondary N) is 1. The maximum atomic E-state index is 13.0. The fourth-order valence-electron chi connectivity index (χ4n) is 5.66. The highest BCUT2D eigenvalue weighted by Crippen LogP contribution is 2.25. The number of aliphatic hydroxyl groups is 7. The van der Waals surface area contributed by atoms with Gasteiger partial charge in [-0.2, -0.15) is 0 Å². The summed E-state index contributed by atoms with van der Waals surface area (Å²) < 4.78 is 22.2. The second-order valence-electron chi connectivity index (χ2n) is 14.0. The molecule has 300 valence electrons. The van der Waals surface area contributed by atoms with Crippen LogP contribution in [0.15, 0.2) is 39.9 Å². The van der Waals surface area contributed by atoms with Crippen molar-refractivity contribution in [1.82, 2.24) is 5.32 Å². The molecule has 16 heteroatoms. The van der Waals surface area contributed by atoms with Gasteiger partial charge in [-0.15, -0.1) is 0 Å². The number of aliphatic imine (C=N–C) groups is 1. The van der Waals surface area contributed by atoms with Crippen molar-refractivity contribution in [3.8, 4) is 0 Å². The molecule has 0 aromatic carbocycles. The second kappa shape index (κ2) is 23.6. The molecule has 2 aliphatic heterocycles. The van der Waals surface area contributed by atoms with Crippen LogP contribution in [-0.2, 0) is 23.7 Å². The smallest absolute Gasteiger partial charge is 0.249 e. The van der Waals surface area contributed by atoms with Crippen LogP contribution in [0.5, 0.6) is 0 Å². The van der Waals surface area contributed by atoms with Crippen molar-refractivity contribution < 1.29 is 59.5 Å². The van der Waals surface area contributed by atoms with Gasteiger partial charge in [-0.1, -0.05) is 28.9 Å². The Morgan fingerprint density at radius 1 is 0.962 bits per heavy atom. The summed E-state index contributed by atoms with van der Waals surface area (Å²) in [7, 11) is 0. The fourth-order valence-corrected chi connectivity index (χ4v) is 5.66. The predicted molar refractivity (Wildman–Crippen MR) is 194 cm³/mol. The zero-order chi connectivity index (χ0) is 39.0. The Hall–Kier alpha value is -2.16. The normalized spacial score (nSPS) is 30.2. The van der Waals surface area contributed by atoms with Crippen LogP contribution in [0, 0.1) is 0 Å². The van der Waals surface area contributed by atoms with Gasteiger partial charge in [0.05, 0.1) is 24.9 Å². The van der Waals surface area contributed by atoms with Gasteiger partial charge in [-0.05, 0) is 72.8 Å². The molecule has 2 fully saturated rings. The van der Waals surface area contributed by atoms with Crippen LogP contribution in [0.2, 0.25) is 0 Å². The molecular weight excluding hydrogens is 680 g/mol. The molecule has 0 radical (unpaired) electrons. The van der Waals surface area contributed by atoms with Gasteiger partial charge in [0.15, 0.2) is 18.9 Å². The van der Waals surface area contributed by atoms with Crippen molar-refractivity contribution >= 4 is 12.1 Å². The Bertz CT molecular complexity index is 1180. The van der Waals surface area contributed by atoms with Gasteiger partial charge in [-0.3, -0.25) is 9.79 Å². The zero-order valence-corrected chi connectivity index (χ0v) is 31.2. The molecule has 13 unspecified atom stereocenters. The highest BCUT2D eigenvalue weighted by Gasteiger charge is 2.45. The molecule has 0 saturated carbocycles.